The first kappa shape index (κ1) is 14.4. The van der Waals surface area contributed by atoms with Crippen molar-refractivity contribution in [2.45, 2.75) is 10.9 Å². The van der Waals surface area contributed by atoms with Crippen LogP contribution in [0.15, 0.2) is 47.4 Å². The van der Waals surface area contributed by atoms with Crippen molar-refractivity contribution in [3.05, 3.63) is 42.5 Å². The fraction of sp³-hybridized carbons (Fsp3) is 0.154. The molecule has 0 saturated heterocycles. The van der Waals surface area contributed by atoms with Crippen molar-refractivity contribution in [2.75, 3.05) is 6.61 Å². The van der Waals surface area contributed by atoms with Gasteiger partial charge in [0.15, 0.2) is 0 Å². The highest BCUT2D eigenvalue weighted by molar-refractivity contribution is 7.89. The summed E-state index contributed by atoms with van der Waals surface area (Å²) in [5, 5.41) is 19.2. The molecule has 0 fully saturated rings. The van der Waals surface area contributed by atoms with Crippen LogP contribution >= 0.6 is 0 Å². The zero-order valence-corrected chi connectivity index (χ0v) is 11.2. The predicted octanol–water partition coefficient (Wildman–Crippen LogP) is 0.564. The molecule has 3 N–H and O–H groups in total. The van der Waals surface area contributed by atoms with Crippen LogP contribution in [0.3, 0.4) is 0 Å². The average molecular weight is 295 g/mol. The van der Waals surface area contributed by atoms with Crippen LogP contribution < -0.4 is 4.72 Å². The molecule has 0 heterocycles. The summed E-state index contributed by atoms with van der Waals surface area (Å²) in [6, 6.07) is 10.1. The highest BCUT2D eigenvalue weighted by atomic mass is 32.2. The molecule has 6 nitrogen and oxygen atoms in total. The van der Waals surface area contributed by atoms with Crippen LogP contribution in [0.1, 0.15) is 0 Å². The fourth-order valence-electron chi connectivity index (χ4n) is 1.76. The number of aliphatic carboxylic acids is 1. The second-order valence-corrected chi connectivity index (χ2v) is 5.92. The number of hydrogen-bond acceptors (Lipinski definition) is 4. The van der Waals surface area contributed by atoms with E-state index in [1.54, 1.807) is 18.2 Å². The van der Waals surface area contributed by atoms with E-state index in [0.29, 0.717) is 0 Å². The first-order valence-electron chi connectivity index (χ1n) is 5.79. The molecule has 0 aliphatic carbocycles. The van der Waals surface area contributed by atoms with Gasteiger partial charge in [0.25, 0.3) is 0 Å². The zero-order chi connectivity index (χ0) is 14.8. The van der Waals surface area contributed by atoms with E-state index >= 15 is 0 Å². The maximum Gasteiger partial charge on any atom is 0.324 e. The molecule has 2 rings (SSSR count). The molecule has 0 aromatic heterocycles. The number of carboxylic acid groups (broad SMARTS) is 1. The number of carboxylic acids is 1. The van der Waals surface area contributed by atoms with E-state index in [0.717, 1.165) is 10.8 Å². The molecule has 0 spiro atoms. The second kappa shape index (κ2) is 5.58. The van der Waals surface area contributed by atoms with E-state index in [1.807, 2.05) is 16.9 Å². The van der Waals surface area contributed by atoms with Gasteiger partial charge in [0.2, 0.25) is 10.0 Å². The quantitative estimate of drug-likeness (QED) is 0.748. The van der Waals surface area contributed by atoms with Crippen LogP contribution in [0.5, 0.6) is 0 Å². The Balaban J connectivity index is 2.38. The van der Waals surface area contributed by atoms with Crippen LogP contribution in [0.2, 0.25) is 0 Å². The number of rotatable bonds is 5. The molecule has 1 atom stereocenters. The Morgan fingerprint density at radius 3 is 2.40 bits per heavy atom. The molecular weight excluding hydrogens is 282 g/mol. The Hall–Kier alpha value is -1.96. The lowest BCUT2D eigenvalue weighted by Gasteiger charge is -2.12. The average Bonchev–Trinajstić information content (AvgIpc) is 2.44. The third-order valence-corrected chi connectivity index (χ3v) is 4.28. The number of fused-ring (bicyclic) bond motifs is 1. The highest BCUT2D eigenvalue weighted by Gasteiger charge is 2.24. The van der Waals surface area contributed by atoms with Crippen molar-refractivity contribution in [1.82, 2.24) is 4.72 Å². The van der Waals surface area contributed by atoms with Gasteiger partial charge < -0.3 is 10.2 Å². The van der Waals surface area contributed by atoms with Crippen LogP contribution in [0, 0.1) is 0 Å². The molecule has 0 aliphatic rings. The van der Waals surface area contributed by atoms with Gasteiger partial charge >= 0.3 is 5.97 Å². The Morgan fingerprint density at radius 1 is 1.15 bits per heavy atom. The Labute approximate surface area is 115 Å². The van der Waals surface area contributed by atoms with Crippen molar-refractivity contribution < 1.29 is 23.4 Å². The number of carbonyl (C=O) groups is 1. The molecule has 2 aromatic rings. The molecular formula is C13H13NO5S. The summed E-state index contributed by atoms with van der Waals surface area (Å²) < 4.78 is 26.1. The molecule has 106 valence electrons. The molecule has 7 heteroatoms. The maximum absolute atomic E-state index is 12.1. The van der Waals surface area contributed by atoms with Gasteiger partial charge in [0.05, 0.1) is 11.5 Å². The number of aliphatic hydroxyl groups is 1. The lowest BCUT2D eigenvalue weighted by atomic mass is 10.1. The summed E-state index contributed by atoms with van der Waals surface area (Å²) in [7, 11) is -4.00. The van der Waals surface area contributed by atoms with Crippen LogP contribution in [-0.2, 0) is 14.8 Å². The van der Waals surface area contributed by atoms with Gasteiger partial charge in [-0.3, -0.25) is 4.79 Å². The first-order chi connectivity index (χ1) is 9.44. The molecule has 0 aliphatic heterocycles. The summed E-state index contributed by atoms with van der Waals surface area (Å²) in [6.45, 7) is -0.817. The summed E-state index contributed by atoms with van der Waals surface area (Å²) in [5.41, 5.74) is 0. The van der Waals surface area contributed by atoms with E-state index < -0.39 is 28.6 Å². The third kappa shape index (κ3) is 2.96. The number of sulfonamides is 1. The van der Waals surface area contributed by atoms with E-state index in [9.17, 15) is 13.2 Å². The standard InChI is InChI=1S/C13H13NO5S/c15-8-12(13(16)17)14-20(18,19)11-6-5-9-3-1-2-4-10(9)7-11/h1-7,12,14-15H,8H2,(H,16,17)/t12-/m0/s1. The minimum atomic E-state index is -4.00. The molecule has 0 unspecified atom stereocenters. The Bertz CT molecular complexity index is 741. The van der Waals surface area contributed by atoms with Gasteiger partial charge in [0.1, 0.15) is 6.04 Å². The first-order valence-corrected chi connectivity index (χ1v) is 7.27. The topological polar surface area (TPSA) is 104 Å². The van der Waals surface area contributed by atoms with E-state index in [-0.39, 0.29) is 4.90 Å². The summed E-state index contributed by atoms with van der Waals surface area (Å²) in [4.78, 5) is 10.7. The summed E-state index contributed by atoms with van der Waals surface area (Å²) in [6.07, 6.45) is 0. The van der Waals surface area contributed by atoms with Crippen LogP contribution in [0.4, 0.5) is 0 Å². The lowest BCUT2D eigenvalue weighted by molar-refractivity contribution is -0.139. The molecule has 0 saturated carbocycles. The number of benzene rings is 2. The van der Waals surface area contributed by atoms with Gasteiger partial charge in [-0.1, -0.05) is 30.3 Å². The van der Waals surface area contributed by atoms with E-state index in [2.05, 4.69) is 0 Å². The van der Waals surface area contributed by atoms with Crippen LogP contribution in [0.25, 0.3) is 10.8 Å². The highest BCUT2D eigenvalue weighted by Crippen LogP contribution is 2.19. The van der Waals surface area contributed by atoms with Gasteiger partial charge in [-0.2, -0.15) is 4.72 Å². The smallest absolute Gasteiger partial charge is 0.324 e. The van der Waals surface area contributed by atoms with Gasteiger partial charge in [-0.15, -0.1) is 0 Å². The predicted molar refractivity (Wildman–Crippen MR) is 72.8 cm³/mol. The largest absolute Gasteiger partial charge is 0.480 e. The number of hydrogen-bond donors (Lipinski definition) is 3. The second-order valence-electron chi connectivity index (χ2n) is 4.20. The minimum absolute atomic E-state index is 0.0455. The molecule has 0 bridgehead atoms. The number of aliphatic hydroxyl groups excluding tert-OH is 1. The Kier molecular flexibility index (Phi) is 4.03. The molecule has 20 heavy (non-hydrogen) atoms. The van der Waals surface area contributed by atoms with Crippen molar-refractivity contribution in [3.8, 4) is 0 Å². The minimum Gasteiger partial charge on any atom is -0.480 e. The van der Waals surface area contributed by atoms with E-state index in [1.165, 1.54) is 12.1 Å². The molecule has 2 aromatic carbocycles. The lowest BCUT2D eigenvalue weighted by Crippen LogP contribution is -2.43. The Morgan fingerprint density at radius 2 is 1.80 bits per heavy atom. The normalized spacial score (nSPS) is 13.2. The van der Waals surface area contributed by atoms with Crippen molar-refractivity contribution in [1.29, 1.82) is 0 Å². The summed E-state index contributed by atoms with van der Waals surface area (Å²) >= 11 is 0. The van der Waals surface area contributed by atoms with Crippen molar-refractivity contribution in [3.63, 3.8) is 0 Å². The maximum atomic E-state index is 12.1. The number of nitrogens with one attached hydrogen (secondary N) is 1. The van der Waals surface area contributed by atoms with E-state index in [4.69, 9.17) is 10.2 Å². The molecule has 0 radical (unpaired) electrons. The molecule has 0 amide bonds. The van der Waals surface area contributed by atoms with Gasteiger partial charge in [-0.25, -0.2) is 8.42 Å². The van der Waals surface area contributed by atoms with Crippen molar-refractivity contribution in [2.24, 2.45) is 0 Å². The SMILES string of the molecule is O=C(O)[C@H](CO)NS(=O)(=O)c1ccc2ccccc2c1. The summed E-state index contributed by atoms with van der Waals surface area (Å²) in [5.74, 6) is -1.43. The third-order valence-electron chi connectivity index (χ3n) is 2.81. The van der Waals surface area contributed by atoms with Crippen LogP contribution in [-0.4, -0.2) is 37.2 Å². The monoisotopic (exact) mass is 295 g/mol. The van der Waals surface area contributed by atoms with Gasteiger partial charge in [-0.05, 0) is 22.9 Å². The van der Waals surface area contributed by atoms with Gasteiger partial charge in [0, 0.05) is 0 Å². The fourth-order valence-corrected chi connectivity index (χ4v) is 2.97. The van der Waals surface area contributed by atoms with Crippen molar-refractivity contribution >= 4 is 26.8 Å². The zero-order valence-electron chi connectivity index (χ0n) is 10.4.